The van der Waals surface area contributed by atoms with Crippen LogP contribution in [0.1, 0.15) is 53.9 Å². The molecular weight excluding hydrogens is 160 g/mol. The molecule has 0 amide bonds. The highest BCUT2D eigenvalue weighted by atomic mass is 16.1. The van der Waals surface area contributed by atoms with Gasteiger partial charge >= 0.3 is 0 Å². The van der Waals surface area contributed by atoms with Crippen molar-refractivity contribution in [3.8, 4) is 12.8 Å². The number of hydrogen-bond acceptors (Lipinski definition) is 1. The van der Waals surface area contributed by atoms with Crippen molar-refractivity contribution < 1.29 is 4.79 Å². The number of ketones is 1. The molecule has 1 nitrogen and oxygen atoms in total. The SMILES string of the molecule is C#C.CC.CCCC[C@@H](C)C(C)=O. The van der Waals surface area contributed by atoms with Crippen molar-refractivity contribution in [1.82, 2.24) is 0 Å². The maximum absolute atomic E-state index is 10.6. The predicted molar refractivity (Wildman–Crippen MR) is 60.6 cm³/mol. The van der Waals surface area contributed by atoms with E-state index in [2.05, 4.69) is 19.8 Å². The standard InChI is InChI=1S/C8H16O.C2H6.C2H2/c1-4-5-6-7(2)8(3)9;2*1-2/h7H,4-6H2,1-3H3;1-2H3;1-2H/t7-;;/m1../s1. The van der Waals surface area contributed by atoms with E-state index in [4.69, 9.17) is 0 Å². The quantitative estimate of drug-likeness (QED) is 0.609. The second-order valence-electron chi connectivity index (χ2n) is 2.65. The molecule has 0 rings (SSSR count). The Morgan fingerprint density at radius 1 is 1.31 bits per heavy atom. The number of unbranched alkanes of at least 4 members (excludes halogenated alkanes) is 1. The molecule has 0 bridgehead atoms. The highest BCUT2D eigenvalue weighted by molar-refractivity contribution is 5.77. The first-order valence-corrected chi connectivity index (χ1v) is 5.02. The Morgan fingerprint density at radius 2 is 1.69 bits per heavy atom. The van der Waals surface area contributed by atoms with E-state index in [0.717, 1.165) is 6.42 Å². The Kier molecular flexibility index (Phi) is 24.2. The van der Waals surface area contributed by atoms with Crippen molar-refractivity contribution in [1.29, 1.82) is 0 Å². The molecular formula is C12H24O. The first-order chi connectivity index (χ1) is 6.18. The summed E-state index contributed by atoms with van der Waals surface area (Å²) in [5.41, 5.74) is 0. The number of carbonyl (C=O) groups is 1. The van der Waals surface area contributed by atoms with E-state index in [1.165, 1.54) is 12.8 Å². The van der Waals surface area contributed by atoms with Gasteiger partial charge in [-0.15, -0.1) is 12.8 Å². The largest absolute Gasteiger partial charge is 0.300 e. The van der Waals surface area contributed by atoms with Crippen LogP contribution in [0, 0.1) is 18.8 Å². The molecule has 0 aliphatic rings. The van der Waals surface area contributed by atoms with Gasteiger partial charge in [-0.1, -0.05) is 40.5 Å². The highest BCUT2D eigenvalue weighted by Crippen LogP contribution is 2.07. The summed E-state index contributed by atoms with van der Waals surface area (Å²) in [5, 5.41) is 0. The fourth-order valence-corrected chi connectivity index (χ4v) is 0.714. The molecule has 0 aromatic heterocycles. The van der Waals surface area contributed by atoms with E-state index in [0.29, 0.717) is 5.78 Å². The summed E-state index contributed by atoms with van der Waals surface area (Å²) in [6, 6.07) is 0. The Hall–Kier alpha value is -0.770. The molecule has 0 N–H and O–H groups in total. The van der Waals surface area contributed by atoms with E-state index in [9.17, 15) is 4.79 Å². The molecule has 1 atom stereocenters. The van der Waals surface area contributed by atoms with Crippen LogP contribution in [0.3, 0.4) is 0 Å². The highest BCUT2D eigenvalue weighted by Gasteiger charge is 2.04. The molecule has 0 unspecified atom stereocenters. The van der Waals surface area contributed by atoms with Gasteiger partial charge in [-0.25, -0.2) is 0 Å². The molecule has 0 fully saturated rings. The zero-order valence-electron chi connectivity index (χ0n) is 9.76. The third-order valence-electron chi connectivity index (χ3n) is 1.68. The van der Waals surface area contributed by atoms with Crippen molar-refractivity contribution in [2.75, 3.05) is 0 Å². The van der Waals surface area contributed by atoms with Crippen molar-refractivity contribution in [3.05, 3.63) is 0 Å². The van der Waals surface area contributed by atoms with Crippen molar-refractivity contribution in [2.45, 2.75) is 53.9 Å². The fourth-order valence-electron chi connectivity index (χ4n) is 0.714. The summed E-state index contributed by atoms with van der Waals surface area (Å²) in [4.78, 5) is 10.6. The Bertz CT molecular complexity index is 114. The molecule has 0 saturated heterocycles. The fraction of sp³-hybridized carbons (Fsp3) is 0.750. The first-order valence-electron chi connectivity index (χ1n) is 5.02. The van der Waals surface area contributed by atoms with E-state index in [1.807, 2.05) is 20.8 Å². The molecule has 0 aliphatic heterocycles. The monoisotopic (exact) mass is 184 g/mol. The molecule has 0 spiro atoms. The smallest absolute Gasteiger partial charge is 0.132 e. The van der Waals surface area contributed by atoms with Crippen molar-refractivity contribution >= 4 is 5.78 Å². The minimum atomic E-state index is 0.282. The Balaban J connectivity index is -0.000000218. The maximum Gasteiger partial charge on any atom is 0.132 e. The molecule has 0 radical (unpaired) electrons. The van der Waals surface area contributed by atoms with Gasteiger partial charge in [0.1, 0.15) is 5.78 Å². The summed E-state index contributed by atoms with van der Waals surface area (Å²) >= 11 is 0. The van der Waals surface area contributed by atoms with Gasteiger partial charge in [0, 0.05) is 5.92 Å². The lowest BCUT2D eigenvalue weighted by Gasteiger charge is -2.03. The Morgan fingerprint density at radius 3 is 1.92 bits per heavy atom. The molecule has 78 valence electrons. The lowest BCUT2D eigenvalue weighted by molar-refractivity contribution is -0.120. The van der Waals surface area contributed by atoms with Gasteiger partial charge in [-0.3, -0.25) is 4.79 Å². The number of hydrogen-bond donors (Lipinski definition) is 0. The van der Waals surface area contributed by atoms with Crippen LogP contribution in [-0.2, 0) is 4.79 Å². The van der Waals surface area contributed by atoms with Gasteiger partial charge in [-0.2, -0.15) is 0 Å². The minimum Gasteiger partial charge on any atom is -0.300 e. The van der Waals surface area contributed by atoms with Gasteiger partial charge in [-0.05, 0) is 13.3 Å². The van der Waals surface area contributed by atoms with E-state index >= 15 is 0 Å². The first kappa shape index (κ1) is 18.1. The second-order valence-corrected chi connectivity index (χ2v) is 2.65. The van der Waals surface area contributed by atoms with E-state index in [-0.39, 0.29) is 5.92 Å². The van der Waals surface area contributed by atoms with Gasteiger partial charge in [0.05, 0.1) is 0 Å². The minimum absolute atomic E-state index is 0.282. The molecule has 0 aromatic rings. The molecule has 13 heavy (non-hydrogen) atoms. The number of rotatable bonds is 4. The van der Waals surface area contributed by atoms with Gasteiger partial charge < -0.3 is 0 Å². The molecule has 0 saturated carbocycles. The third kappa shape index (κ3) is 18.3. The van der Waals surface area contributed by atoms with Crippen molar-refractivity contribution in [3.63, 3.8) is 0 Å². The molecule has 0 aromatic carbocycles. The van der Waals surface area contributed by atoms with Crippen LogP contribution in [0.5, 0.6) is 0 Å². The topological polar surface area (TPSA) is 17.1 Å². The van der Waals surface area contributed by atoms with E-state index in [1.54, 1.807) is 6.92 Å². The summed E-state index contributed by atoms with van der Waals surface area (Å²) < 4.78 is 0. The lowest BCUT2D eigenvalue weighted by atomic mass is 10.0. The van der Waals surface area contributed by atoms with E-state index < -0.39 is 0 Å². The summed E-state index contributed by atoms with van der Waals surface area (Å²) in [6.07, 6.45) is 11.4. The molecule has 0 aliphatic carbocycles. The van der Waals surface area contributed by atoms with Crippen LogP contribution >= 0.6 is 0 Å². The van der Waals surface area contributed by atoms with Crippen LogP contribution < -0.4 is 0 Å². The summed E-state index contributed by atoms with van der Waals surface area (Å²) in [5.74, 6) is 0.605. The van der Waals surface area contributed by atoms with Crippen LogP contribution in [0.25, 0.3) is 0 Å². The average molecular weight is 184 g/mol. The van der Waals surface area contributed by atoms with Crippen LogP contribution in [-0.4, -0.2) is 5.78 Å². The summed E-state index contributed by atoms with van der Waals surface area (Å²) in [7, 11) is 0. The van der Waals surface area contributed by atoms with Gasteiger partial charge in [0.2, 0.25) is 0 Å². The number of carbonyl (C=O) groups excluding carboxylic acids is 1. The van der Waals surface area contributed by atoms with Gasteiger partial charge in [0.15, 0.2) is 0 Å². The van der Waals surface area contributed by atoms with Gasteiger partial charge in [0.25, 0.3) is 0 Å². The van der Waals surface area contributed by atoms with Crippen LogP contribution in [0.2, 0.25) is 0 Å². The lowest BCUT2D eigenvalue weighted by Crippen LogP contribution is -2.05. The molecule has 1 heteroatoms. The Labute approximate surface area is 83.9 Å². The normalized spacial score (nSPS) is 9.77. The third-order valence-corrected chi connectivity index (χ3v) is 1.68. The van der Waals surface area contributed by atoms with Crippen molar-refractivity contribution in [2.24, 2.45) is 5.92 Å². The number of Topliss-reactive ketones (excluding diaryl/α,β-unsaturated/α-hetero) is 1. The average Bonchev–Trinajstić information content (AvgIpc) is 2.20. The van der Waals surface area contributed by atoms with Crippen LogP contribution in [0.15, 0.2) is 0 Å². The molecule has 0 heterocycles. The zero-order chi connectivity index (χ0) is 11.3. The number of terminal acetylenes is 1. The predicted octanol–water partition coefficient (Wildman–Crippen LogP) is 3.68. The van der Waals surface area contributed by atoms with Crippen LogP contribution in [0.4, 0.5) is 0 Å². The summed E-state index contributed by atoms with van der Waals surface area (Å²) in [6.45, 7) is 9.81. The second kappa shape index (κ2) is 17.4. The zero-order valence-corrected chi connectivity index (χ0v) is 9.76. The maximum atomic E-state index is 10.6.